The summed E-state index contributed by atoms with van der Waals surface area (Å²) in [6.07, 6.45) is -1.06. The minimum absolute atomic E-state index is 0.000692. The predicted molar refractivity (Wildman–Crippen MR) is 128 cm³/mol. The zero-order chi connectivity index (χ0) is 24.4. The molecule has 0 radical (unpaired) electrons. The first kappa shape index (κ1) is 26.0. The van der Waals surface area contributed by atoms with Crippen LogP contribution in [0.3, 0.4) is 0 Å². The molecule has 0 saturated carbocycles. The number of carboxylic acids is 1. The predicted octanol–water partition coefficient (Wildman–Crippen LogP) is 6.69. The van der Waals surface area contributed by atoms with Crippen molar-refractivity contribution in [2.45, 2.75) is 85.2 Å². The van der Waals surface area contributed by atoms with Crippen LogP contribution >= 0.6 is 0 Å². The van der Waals surface area contributed by atoms with E-state index in [-0.39, 0.29) is 16.8 Å². The van der Waals surface area contributed by atoms with Crippen LogP contribution in [0.25, 0.3) is 11.1 Å². The molecule has 0 spiro atoms. The van der Waals surface area contributed by atoms with Crippen molar-refractivity contribution >= 4 is 14.3 Å². The lowest BCUT2D eigenvalue weighted by molar-refractivity contribution is -0.144. The average Bonchev–Trinajstić information content (AvgIpc) is 2.67. The monoisotopic (exact) mass is 461 g/mol. The van der Waals surface area contributed by atoms with Gasteiger partial charge in [-0.25, -0.2) is 9.18 Å². The average molecular weight is 462 g/mol. The quantitative estimate of drug-likeness (QED) is 0.443. The molecule has 0 saturated heterocycles. The van der Waals surface area contributed by atoms with Crippen molar-refractivity contribution in [2.75, 3.05) is 0 Å². The van der Waals surface area contributed by atoms with Crippen molar-refractivity contribution in [1.82, 2.24) is 4.98 Å². The molecule has 1 aromatic heterocycles. The van der Waals surface area contributed by atoms with Gasteiger partial charge in [0.05, 0.1) is 12.3 Å². The Hall–Kier alpha value is -2.25. The Labute approximate surface area is 192 Å². The van der Waals surface area contributed by atoms with E-state index in [0.717, 1.165) is 16.8 Å². The molecule has 5 nitrogen and oxygen atoms in total. The van der Waals surface area contributed by atoms with E-state index in [1.54, 1.807) is 12.1 Å². The molecule has 0 aliphatic rings. The molecule has 0 aliphatic carbocycles. The summed E-state index contributed by atoms with van der Waals surface area (Å²) in [5.74, 6) is -0.992. The van der Waals surface area contributed by atoms with Crippen molar-refractivity contribution in [1.29, 1.82) is 0 Å². The molecule has 0 amide bonds. The Morgan fingerprint density at radius 3 is 2.19 bits per heavy atom. The van der Waals surface area contributed by atoms with Gasteiger partial charge in [-0.15, -0.1) is 0 Å². The molecule has 176 valence electrons. The van der Waals surface area contributed by atoms with E-state index in [9.17, 15) is 14.3 Å². The summed E-state index contributed by atoms with van der Waals surface area (Å²) in [7, 11) is -2.07. The number of carbonyl (C=O) groups is 1. The second-order valence-corrected chi connectivity index (χ2v) is 14.9. The first-order valence-electron chi connectivity index (χ1n) is 11.0. The van der Waals surface area contributed by atoms with Crippen LogP contribution in [0.2, 0.25) is 18.1 Å². The van der Waals surface area contributed by atoms with Gasteiger partial charge in [-0.3, -0.25) is 4.98 Å². The van der Waals surface area contributed by atoms with Gasteiger partial charge in [0.15, 0.2) is 20.2 Å². The van der Waals surface area contributed by atoms with Gasteiger partial charge in [-0.05, 0) is 55.6 Å². The summed E-state index contributed by atoms with van der Waals surface area (Å²) in [6, 6.07) is 6.15. The third-order valence-corrected chi connectivity index (χ3v) is 10.7. The lowest BCUT2D eigenvalue weighted by atomic mass is 9.94. The van der Waals surface area contributed by atoms with Crippen LogP contribution in [0.5, 0.6) is 5.75 Å². The van der Waals surface area contributed by atoms with Crippen LogP contribution in [0.4, 0.5) is 4.39 Å². The lowest BCUT2D eigenvalue weighted by Crippen LogP contribution is -2.40. The third kappa shape index (κ3) is 5.75. The van der Waals surface area contributed by atoms with Crippen LogP contribution in [0.1, 0.15) is 64.4 Å². The fraction of sp³-hybridized carbons (Fsp3) is 0.520. The minimum atomic E-state index is -2.07. The van der Waals surface area contributed by atoms with Crippen molar-refractivity contribution in [2.24, 2.45) is 0 Å². The molecule has 2 aromatic rings. The number of aliphatic carboxylic acids is 1. The van der Waals surface area contributed by atoms with E-state index < -0.39 is 20.4 Å². The van der Waals surface area contributed by atoms with Gasteiger partial charge in [-0.1, -0.05) is 46.8 Å². The van der Waals surface area contributed by atoms with Gasteiger partial charge < -0.3 is 14.3 Å². The van der Waals surface area contributed by atoms with E-state index in [0.29, 0.717) is 23.6 Å². The van der Waals surface area contributed by atoms with E-state index in [2.05, 4.69) is 33.9 Å². The summed E-state index contributed by atoms with van der Waals surface area (Å²) < 4.78 is 26.2. The van der Waals surface area contributed by atoms with Crippen molar-refractivity contribution < 1.29 is 23.5 Å². The number of hydrogen-bond donors (Lipinski definition) is 1. The first-order chi connectivity index (χ1) is 14.7. The summed E-state index contributed by atoms with van der Waals surface area (Å²) in [5.41, 5.74) is 3.75. The SMILES string of the molecule is Cc1nc(C(C)C)c(OC(C)C(=O)O)c(-c2ccc(F)cc2)c1CO[Si](C)(C)C(C)(C)C. The molecule has 0 bridgehead atoms. The highest BCUT2D eigenvalue weighted by Gasteiger charge is 2.37. The summed E-state index contributed by atoms with van der Waals surface area (Å²) >= 11 is 0. The molecular formula is C25H36FNO4Si. The summed E-state index contributed by atoms with van der Waals surface area (Å²) in [5, 5.41) is 9.51. The van der Waals surface area contributed by atoms with E-state index in [4.69, 9.17) is 14.1 Å². The fourth-order valence-corrected chi connectivity index (χ4v) is 3.99. The maximum absolute atomic E-state index is 13.7. The molecule has 1 unspecified atom stereocenters. The Morgan fingerprint density at radius 2 is 1.72 bits per heavy atom. The molecular weight excluding hydrogens is 425 g/mol. The maximum atomic E-state index is 13.7. The minimum Gasteiger partial charge on any atom is -0.479 e. The summed E-state index contributed by atoms with van der Waals surface area (Å²) in [6.45, 7) is 18.6. The molecule has 1 aromatic carbocycles. The van der Waals surface area contributed by atoms with Gasteiger partial charge in [-0.2, -0.15) is 0 Å². The number of pyridine rings is 1. The Bertz CT molecular complexity index is 965. The lowest BCUT2D eigenvalue weighted by Gasteiger charge is -2.36. The fourth-order valence-electron chi connectivity index (χ4n) is 3.05. The number of benzene rings is 1. The van der Waals surface area contributed by atoms with Gasteiger partial charge >= 0.3 is 5.97 Å². The second-order valence-electron chi connectivity index (χ2n) is 10.1. The molecule has 1 heterocycles. The second kappa shape index (κ2) is 9.71. The van der Waals surface area contributed by atoms with Gasteiger partial charge in [0.25, 0.3) is 0 Å². The smallest absolute Gasteiger partial charge is 0.344 e. The summed E-state index contributed by atoms with van der Waals surface area (Å²) in [4.78, 5) is 16.4. The highest BCUT2D eigenvalue weighted by Crippen LogP contribution is 2.42. The molecule has 32 heavy (non-hydrogen) atoms. The zero-order valence-corrected chi connectivity index (χ0v) is 21.7. The highest BCUT2D eigenvalue weighted by atomic mass is 28.4. The standard InChI is InChI=1S/C25H36FNO4Si/c1-15(2)22-23(31-17(4)24(28)29)21(18-10-12-19(26)13-11-18)20(16(3)27-22)14-30-32(8,9)25(5,6)7/h10-13,15,17H,14H2,1-9H3,(H,28,29). The Morgan fingerprint density at radius 1 is 1.16 bits per heavy atom. The van der Waals surface area contributed by atoms with E-state index in [1.807, 2.05) is 20.8 Å². The van der Waals surface area contributed by atoms with E-state index >= 15 is 0 Å². The number of halogens is 1. The number of hydrogen-bond acceptors (Lipinski definition) is 4. The Kier molecular flexibility index (Phi) is 7.89. The Balaban J connectivity index is 2.76. The van der Waals surface area contributed by atoms with Crippen LogP contribution in [0, 0.1) is 12.7 Å². The maximum Gasteiger partial charge on any atom is 0.344 e. The van der Waals surface area contributed by atoms with E-state index in [1.165, 1.54) is 19.1 Å². The van der Waals surface area contributed by atoms with Gasteiger partial charge in [0.1, 0.15) is 5.82 Å². The van der Waals surface area contributed by atoms with Gasteiger partial charge in [0.2, 0.25) is 0 Å². The number of rotatable bonds is 8. The number of aryl methyl sites for hydroxylation is 1. The molecule has 1 N–H and O–H groups in total. The van der Waals surface area contributed by atoms with Crippen LogP contribution in [0.15, 0.2) is 24.3 Å². The first-order valence-corrected chi connectivity index (χ1v) is 13.9. The van der Waals surface area contributed by atoms with Crippen molar-refractivity contribution in [3.05, 3.63) is 47.0 Å². The van der Waals surface area contributed by atoms with Crippen LogP contribution < -0.4 is 4.74 Å². The normalized spacial score (nSPS) is 13.3. The topological polar surface area (TPSA) is 68.7 Å². The molecule has 0 aliphatic heterocycles. The van der Waals surface area contributed by atoms with Crippen LogP contribution in [-0.2, 0) is 15.8 Å². The number of aromatic nitrogens is 1. The largest absolute Gasteiger partial charge is 0.479 e. The molecule has 2 rings (SSSR count). The number of nitrogens with zero attached hydrogens (tertiary/aromatic N) is 1. The number of carboxylic acid groups (broad SMARTS) is 1. The number of ether oxygens (including phenoxy) is 1. The molecule has 0 fully saturated rings. The van der Waals surface area contributed by atoms with Crippen molar-refractivity contribution in [3.8, 4) is 16.9 Å². The van der Waals surface area contributed by atoms with Crippen molar-refractivity contribution in [3.63, 3.8) is 0 Å². The molecule has 7 heteroatoms. The molecule has 1 atom stereocenters. The van der Waals surface area contributed by atoms with Gasteiger partial charge in [0, 0.05) is 16.8 Å². The zero-order valence-electron chi connectivity index (χ0n) is 20.7. The third-order valence-electron chi connectivity index (χ3n) is 6.19. The highest BCUT2D eigenvalue weighted by molar-refractivity contribution is 6.74. The van der Waals surface area contributed by atoms with Crippen LogP contribution in [-0.4, -0.2) is 30.5 Å².